The van der Waals surface area contributed by atoms with Gasteiger partial charge in [-0.15, -0.1) is 0 Å². The third-order valence-corrected chi connectivity index (χ3v) is 3.54. The van der Waals surface area contributed by atoms with Gasteiger partial charge in [0, 0.05) is 18.3 Å². The number of anilines is 1. The fraction of sp³-hybridized carbons (Fsp3) is 0.278. The van der Waals surface area contributed by atoms with Crippen LogP contribution in [-0.2, 0) is 0 Å². The van der Waals surface area contributed by atoms with Crippen LogP contribution in [0.3, 0.4) is 0 Å². The molecule has 0 atom stereocenters. The molecule has 0 bridgehead atoms. The van der Waals surface area contributed by atoms with E-state index in [-0.39, 0.29) is 0 Å². The van der Waals surface area contributed by atoms with Gasteiger partial charge in [-0.3, -0.25) is 4.99 Å². The predicted octanol–water partition coefficient (Wildman–Crippen LogP) is 4.41. The van der Waals surface area contributed by atoms with Crippen molar-refractivity contribution in [3.8, 4) is 0 Å². The van der Waals surface area contributed by atoms with Gasteiger partial charge in [-0.1, -0.05) is 42.0 Å². The number of rotatable bonds is 2. The second kappa shape index (κ2) is 5.91. The van der Waals surface area contributed by atoms with Crippen molar-refractivity contribution in [2.24, 2.45) is 4.99 Å². The van der Waals surface area contributed by atoms with E-state index < -0.39 is 0 Å². The van der Waals surface area contributed by atoms with E-state index in [1.165, 1.54) is 22.3 Å². The van der Waals surface area contributed by atoms with Gasteiger partial charge in [-0.25, -0.2) is 0 Å². The van der Waals surface area contributed by atoms with Gasteiger partial charge in [-0.05, 0) is 44.4 Å². The van der Waals surface area contributed by atoms with E-state index in [2.05, 4.69) is 68.3 Å². The molecule has 0 aromatic heterocycles. The first kappa shape index (κ1) is 14.3. The van der Waals surface area contributed by atoms with Gasteiger partial charge in [0.2, 0.25) is 0 Å². The van der Waals surface area contributed by atoms with Crippen LogP contribution in [0.1, 0.15) is 27.8 Å². The van der Waals surface area contributed by atoms with Gasteiger partial charge in [0.05, 0.1) is 0 Å². The zero-order valence-corrected chi connectivity index (χ0v) is 12.9. The lowest BCUT2D eigenvalue weighted by atomic mass is 10.0. The predicted molar refractivity (Wildman–Crippen MR) is 87.9 cm³/mol. The minimum Gasteiger partial charge on any atom is -0.340 e. The average Bonchev–Trinajstić information content (AvgIpc) is 2.39. The summed E-state index contributed by atoms with van der Waals surface area (Å²) in [6.07, 6.45) is 0. The van der Waals surface area contributed by atoms with Crippen molar-refractivity contribution >= 4 is 11.5 Å². The Hall–Kier alpha value is -2.09. The molecule has 0 aliphatic heterocycles. The van der Waals surface area contributed by atoms with E-state index in [9.17, 15) is 0 Å². The van der Waals surface area contributed by atoms with Crippen LogP contribution >= 0.6 is 0 Å². The molecule has 0 fully saturated rings. The Labute approximate surface area is 121 Å². The lowest BCUT2D eigenvalue weighted by Gasteiger charge is -2.16. The standard InChI is InChI=1S/C18H22N2/c1-12-10-14(3)17(15(4)11-12)20-18(19-5)16-9-7-6-8-13(16)2/h6-11H,1-5H3,(H,19,20). The fourth-order valence-corrected chi connectivity index (χ4v) is 2.58. The Balaban J connectivity index is 2.41. The quantitative estimate of drug-likeness (QED) is 0.632. The average molecular weight is 266 g/mol. The number of hydrogen-bond acceptors (Lipinski definition) is 1. The Kier molecular flexibility index (Phi) is 4.23. The molecule has 1 N–H and O–H groups in total. The number of hydrogen-bond donors (Lipinski definition) is 1. The van der Waals surface area contributed by atoms with E-state index in [4.69, 9.17) is 0 Å². The fourth-order valence-electron chi connectivity index (χ4n) is 2.58. The number of aryl methyl sites for hydroxylation is 4. The van der Waals surface area contributed by atoms with Crippen molar-refractivity contribution in [1.82, 2.24) is 0 Å². The van der Waals surface area contributed by atoms with E-state index >= 15 is 0 Å². The van der Waals surface area contributed by atoms with Crippen molar-refractivity contribution in [3.05, 3.63) is 64.2 Å². The van der Waals surface area contributed by atoms with E-state index in [1.54, 1.807) is 0 Å². The molecule has 0 saturated heterocycles. The highest BCUT2D eigenvalue weighted by molar-refractivity contribution is 6.09. The molecule has 0 spiro atoms. The highest BCUT2D eigenvalue weighted by Gasteiger charge is 2.09. The summed E-state index contributed by atoms with van der Waals surface area (Å²) in [5.41, 5.74) is 7.31. The number of aliphatic imine (C=N–C) groups is 1. The Morgan fingerprint density at radius 1 is 0.900 bits per heavy atom. The first-order chi connectivity index (χ1) is 9.52. The van der Waals surface area contributed by atoms with Crippen LogP contribution in [0.25, 0.3) is 0 Å². The summed E-state index contributed by atoms with van der Waals surface area (Å²) < 4.78 is 0. The lowest BCUT2D eigenvalue weighted by molar-refractivity contribution is 1.30. The minimum absolute atomic E-state index is 0.915. The molecule has 2 nitrogen and oxygen atoms in total. The highest BCUT2D eigenvalue weighted by atomic mass is 15.0. The Morgan fingerprint density at radius 3 is 2.05 bits per heavy atom. The van der Waals surface area contributed by atoms with Crippen LogP contribution in [0.5, 0.6) is 0 Å². The van der Waals surface area contributed by atoms with Crippen LogP contribution in [0.2, 0.25) is 0 Å². The molecule has 0 radical (unpaired) electrons. The summed E-state index contributed by atoms with van der Waals surface area (Å²) in [7, 11) is 1.83. The molecular formula is C18H22N2. The van der Waals surface area contributed by atoms with Crippen molar-refractivity contribution in [3.63, 3.8) is 0 Å². The molecule has 2 heteroatoms. The molecule has 2 rings (SSSR count). The summed E-state index contributed by atoms with van der Waals surface area (Å²) >= 11 is 0. The van der Waals surface area contributed by atoms with E-state index in [0.29, 0.717) is 0 Å². The van der Waals surface area contributed by atoms with E-state index in [1.807, 2.05) is 13.1 Å². The van der Waals surface area contributed by atoms with Gasteiger partial charge in [0.15, 0.2) is 0 Å². The molecule has 0 aliphatic rings. The monoisotopic (exact) mass is 266 g/mol. The molecule has 0 unspecified atom stereocenters. The molecule has 2 aromatic rings. The summed E-state index contributed by atoms with van der Waals surface area (Å²) in [6.45, 7) is 8.50. The van der Waals surface area contributed by atoms with Crippen LogP contribution < -0.4 is 5.32 Å². The van der Waals surface area contributed by atoms with Crippen molar-refractivity contribution in [1.29, 1.82) is 0 Å². The van der Waals surface area contributed by atoms with Crippen LogP contribution in [0, 0.1) is 27.7 Å². The topological polar surface area (TPSA) is 24.4 Å². The van der Waals surface area contributed by atoms with Crippen LogP contribution in [0.15, 0.2) is 41.4 Å². The van der Waals surface area contributed by atoms with E-state index in [0.717, 1.165) is 17.1 Å². The van der Waals surface area contributed by atoms with Gasteiger partial charge in [0.25, 0.3) is 0 Å². The second-order valence-electron chi connectivity index (χ2n) is 5.29. The van der Waals surface area contributed by atoms with Gasteiger partial charge in [0.1, 0.15) is 5.84 Å². The Bertz CT molecular complexity index is 631. The molecule has 104 valence electrons. The number of nitrogens with zero attached hydrogens (tertiary/aromatic N) is 1. The number of amidine groups is 1. The molecule has 0 saturated carbocycles. The molecule has 0 amide bonds. The van der Waals surface area contributed by atoms with Gasteiger partial charge >= 0.3 is 0 Å². The summed E-state index contributed by atoms with van der Waals surface area (Å²) in [5.74, 6) is 0.915. The summed E-state index contributed by atoms with van der Waals surface area (Å²) in [6, 6.07) is 12.7. The first-order valence-electron chi connectivity index (χ1n) is 6.90. The summed E-state index contributed by atoms with van der Waals surface area (Å²) in [4.78, 5) is 4.42. The highest BCUT2D eigenvalue weighted by Crippen LogP contribution is 2.23. The molecule has 20 heavy (non-hydrogen) atoms. The van der Waals surface area contributed by atoms with Crippen LogP contribution in [-0.4, -0.2) is 12.9 Å². The maximum Gasteiger partial charge on any atom is 0.132 e. The molecule has 0 heterocycles. The molecule has 2 aromatic carbocycles. The SMILES string of the molecule is CN=C(Nc1c(C)cc(C)cc1C)c1ccccc1C. The normalized spacial score (nSPS) is 11.6. The first-order valence-corrected chi connectivity index (χ1v) is 6.90. The van der Waals surface area contributed by atoms with Crippen LogP contribution in [0.4, 0.5) is 5.69 Å². The zero-order valence-electron chi connectivity index (χ0n) is 12.9. The van der Waals surface area contributed by atoms with Gasteiger partial charge in [-0.2, -0.15) is 0 Å². The van der Waals surface area contributed by atoms with Gasteiger partial charge < -0.3 is 5.32 Å². The third kappa shape index (κ3) is 2.90. The summed E-state index contributed by atoms with van der Waals surface area (Å²) in [5, 5.41) is 3.50. The number of nitrogens with one attached hydrogen (secondary N) is 1. The number of benzene rings is 2. The van der Waals surface area contributed by atoms with Crippen molar-refractivity contribution < 1.29 is 0 Å². The lowest BCUT2D eigenvalue weighted by Crippen LogP contribution is -2.16. The molecular weight excluding hydrogens is 244 g/mol. The largest absolute Gasteiger partial charge is 0.340 e. The maximum absolute atomic E-state index is 4.42. The third-order valence-electron chi connectivity index (χ3n) is 3.54. The minimum atomic E-state index is 0.915. The maximum atomic E-state index is 4.42. The smallest absolute Gasteiger partial charge is 0.132 e. The van der Waals surface area contributed by atoms with Crippen molar-refractivity contribution in [2.75, 3.05) is 12.4 Å². The molecule has 0 aliphatic carbocycles. The second-order valence-corrected chi connectivity index (χ2v) is 5.29. The zero-order chi connectivity index (χ0) is 14.7. The Morgan fingerprint density at radius 2 is 1.50 bits per heavy atom. The van der Waals surface area contributed by atoms with Crippen molar-refractivity contribution in [2.45, 2.75) is 27.7 Å².